The van der Waals surface area contributed by atoms with Crippen LogP contribution in [0.3, 0.4) is 0 Å². The summed E-state index contributed by atoms with van der Waals surface area (Å²) < 4.78 is 28.3. The SMILES string of the molecule is CC(=O)c1ccc(Oc2sc(S(C)(=O)=O)cc2[N+](=O)[O-])c(Cl)c1. The van der Waals surface area contributed by atoms with Crippen molar-refractivity contribution in [3.63, 3.8) is 0 Å². The van der Waals surface area contributed by atoms with Gasteiger partial charge in [-0.3, -0.25) is 14.9 Å². The Kier molecular flexibility index (Phi) is 4.73. The number of sulfone groups is 1. The van der Waals surface area contributed by atoms with E-state index in [2.05, 4.69) is 0 Å². The van der Waals surface area contributed by atoms with Gasteiger partial charge >= 0.3 is 5.69 Å². The molecule has 122 valence electrons. The predicted molar refractivity (Wildman–Crippen MR) is 85.6 cm³/mol. The number of ketones is 1. The average Bonchev–Trinajstić information content (AvgIpc) is 2.85. The predicted octanol–water partition coefficient (Wildman–Crippen LogP) is 3.71. The molecule has 0 amide bonds. The molecule has 0 unspecified atom stereocenters. The van der Waals surface area contributed by atoms with Crippen LogP contribution in [0, 0.1) is 10.1 Å². The highest BCUT2D eigenvalue weighted by Gasteiger charge is 2.26. The molecule has 1 aromatic heterocycles. The molecule has 0 bridgehead atoms. The number of carbonyl (C=O) groups excluding carboxylic acids is 1. The smallest absolute Gasteiger partial charge is 0.324 e. The molecule has 0 radical (unpaired) electrons. The zero-order valence-corrected chi connectivity index (χ0v) is 14.3. The molecule has 0 spiro atoms. The van der Waals surface area contributed by atoms with Crippen molar-refractivity contribution >= 4 is 44.2 Å². The fourth-order valence-electron chi connectivity index (χ4n) is 1.63. The van der Waals surface area contributed by atoms with E-state index in [1.165, 1.54) is 25.1 Å². The summed E-state index contributed by atoms with van der Waals surface area (Å²) in [6.07, 6.45) is 0.945. The maximum absolute atomic E-state index is 11.5. The highest BCUT2D eigenvalue weighted by atomic mass is 35.5. The van der Waals surface area contributed by atoms with E-state index < -0.39 is 20.4 Å². The van der Waals surface area contributed by atoms with Crippen molar-refractivity contribution in [3.05, 3.63) is 45.0 Å². The van der Waals surface area contributed by atoms with E-state index in [4.69, 9.17) is 16.3 Å². The molecule has 0 atom stereocenters. The van der Waals surface area contributed by atoms with Crippen molar-refractivity contribution in [2.45, 2.75) is 11.1 Å². The Morgan fingerprint density at radius 3 is 2.48 bits per heavy atom. The number of thiophene rings is 1. The van der Waals surface area contributed by atoms with Gasteiger partial charge in [0.15, 0.2) is 15.6 Å². The third-order valence-electron chi connectivity index (χ3n) is 2.76. The zero-order chi connectivity index (χ0) is 17.4. The van der Waals surface area contributed by atoms with Crippen LogP contribution >= 0.6 is 22.9 Å². The van der Waals surface area contributed by atoms with E-state index in [1.807, 2.05) is 0 Å². The van der Waals surface area contributed by atoms with Gasteiger partial charge in [0.2, 0.25) is 0 Å². The number of nitrogens with zero attached hydrogens (tertiary/aromatic N) is 1. The Balaban J connectivity index is 2.46. The van der Waals surface area contributed by atoms with Crippen molar-refractivity contribution in [1.82, 2.24) is 0 Å². The Bertz CT molecular complexity index is 903. The Morgan fingerprint density at radius 2 is 2.00 bits per heavy atom. The van der Waals surface area contributed by atoms with Crippen molar-refractivity contribution in [2.24, 2.45) is 0 Å². The van der Waals surface area contributed by atoms with Crippen LogP contribution in [-0.4, -0.2) is 25.4 Å². The number of hydrogen-bond donors (Lipinski definition) is 0. The topological polar surface area (TPSA) is 104 Å². The van der Waals surface area contributed by atoms with Crippen molar-refractivity contribution in [2.75, 3.05) is 6.26 Å². The summed E-state index contributed by atoms with van der Waals surface area (Å²) >= 11 is 6.62. The molecular weight excluding hydrogens is 366 g/mol. The molecule has 10 heteroatoms. The second kappa shape index (κ2) is 6.26. The van der Waals surface area contributed by atoms with Gasteiger partial charge in [0.25, 0.3) is 5.06 Å². The van der Waals surface area contributed by atoms with E-state index in [0.717, 1.165) is 12.3 Å². The van der Waals surface area contributed by atoms with Gasteiger partial charge < -0.3 is 4.74 Å². The number of carbonyl (C=O) groups is 1. The minimum Gasteiger partial charge on any atom is -0.438 e. The first-order chi connectivity index (χ1) is 10.6. The molecule has 0 aliphatic heterocycles. The van der Waals surface area contributed by atoms with Crippen molar-refractivity contribution in [3.8, 4) is 10.8 Å². The van der Waals surface area contributed by atoms with E-state index >= 15 is 0 Å². The first kappa shape index (κ1) is 17.4. The van der Waals surface area contributed by atoms with Crippen LogP contribution in [-0.2, 0) is 9.84 Å². The molecule has 0 saturated carbocycles. The molecule has 0 fully saturated rings. The Hall–Kier alpha value is -1.97. The largest absolute Gasteiger partial charge is 0.438 e. The molecule has 0 aliphatic carbocycles. The lowest BCUT2D eigenvalue weighted by Crippen LogP contribution is -1.93. The fourth-order valence-corrected chi connectivity index (χ4v) is 3.73. The van der Waals surface area contributed by atoms with Gasteiger partial charge in [-0.1, -0.05) is 22.9 Å². The highest BCUT2D eigenvalue weighted by molar-refractivity contribution is 7.92. The fraction of sp³-hybridized carbons (Fsp3) is 0.154. The summed E-state index contributed by atoms with van der Waals surface area (Å²) in [5.41, 5.74) is -0.109. The van der Waals surface area contributed by atoms with E-state index in [9.17, 15) is 23.3 Å². The minimum atomic E-state index is -3.60. The quantitative estimate of drug-likeness (QED) is 0.448. The number of Topliss-reactive ketones (excluding diaryl/α,β-unsaturated/α-hetero) is 1. The zero-order valence-electron chi connectivity index (χ0n) is 11.9. The summed E-state index contributed by atoms with van der Waals surface area (Å²) in [5, 5.41) is 10.9. The first-order valence-electron chi connectivity index (χ1n) is 6.06. The standard InChI is InChI=1S/C13H10ClNO6S2/c1-7(16)8-3-4-11(9(14)5-8)21-13-10(15(17)18)6-12(22-13)23(2,19)20/h3-6H,1-2H3. The molecular formula is C13H10ClNO6S2. The average molecular weight is 376 g/mol. The van der Waals surface area contributed by atoms with E-state index in [0.29, 0.717) is 16.9 Å². The van der Waals surface area contributed by atoms with Gasteiger partial charge in [0.1, 0.15) is 9.96 Å². The van der Waals surface area contributed by atoms with Crippen molar-refractivity contribution < 1.29 is 22.9 Å². The number of rotatable bonds is 5. The summed E-state index contributed by atoms with van der Waals surface area (Å²) in [6.45, 7) is 1.37. The van der Waals surface area contributed by atoms with Crippen molar-refractivity contribution in [1.29, 1.82) is 0 Å². The monoisotopic (exact) mass is 375 g/mol. The number of halogens is 1. The lowest BCUT2D eigenvalue weighted by atomic mass is 10.1. The molecule has 23 heavy (non-hydrogen) atoms. The lowest BCUT2D eigenvalue weighted by Gasteiger charge is -2.06. The molecule has 0 saturated heterocycles. The molecule has 2 rings (SSSR count). The van der Waals surface area contributed by atoms with Crippen LogP contribution in [0.1, 0.15) is 17.3 Å². The number of hydrogen-bond acceptors (Lipinski definition) is 7. The van der Waals surface area contributed by atoms with Gasteiger partial charge in [-0.15, -0.1) is 0 Å². The molecule has 1 heterocycles. The van der Waals surface area contributed by atoms with E-state index in [-0.39, 0.29) is 25.8 Å². The summed E-state index contributed by atoms with van der Waals surface area (Å²) in [4.78, 5) is 21.6. The van der Waals surface area contributed by atoms with Crippen LogP contribution in [0.15, 0.2) is 28.5 Å². The van der Waals surface area contributed by atoms with Crippen LogP contribution in [0.5, 0.6) is 10.8 Å². The van der Waals surface area contributed by atoms with E-state index in [1.54, 1.807) is 0 Å². The first-order valence-corrected chi connectivity index (χ1v) is 9.15. The summed E-state index contributed by atoms with van der Waals surface area (Å²) in [6, 6.07) is 5.16. The van der Waals surface area contributed by atoms with Gasteiger partial charge in [0.05, 0.1) is 9.95 Å². The lowest BCUT2D eigenvalue weighted by molar-refractivity contribution is -0.385. The minimum absolute atomic E-state index is 0.0845. The maximum Gasteiger partial charge on any atom is 0.324 e. The Morgan fingerprint density at radius 1 is 1.35 bits per heavy atom. The third kappa shape index (κ3) is 3.87. The molecule has 0 N–H and O–H groups in total. The molecule has 2 aromatic rings. The van der Waals surface area contributed by atoms with Crippen LogP contribution in [0.4, 0.5) is 5.69 Å². The maximum atomic E-state index is 11.5. The van der Waals surface area contributed by atoms with Gasteiger partial charge in [-0.05, 0) is 25.1 Å². The second-order valence-electron chi connectivity index (χ2n) is 4.57. The second-order valence-corrected chi connectivity index (χ2v) is 8.24. The molecule has 1 aromatic carbocycles. The molecule has 0 aliphatic rings. The number of benzene rings is 1. The summed E-state index contributed by atoms with van der Waals surface area (Å²) in [5.74, 6) is -0.110. The van der Waals surface area contributed by atoms with Crippen LogP contribution in [0.25, 0.3) is 0 Å². The van der Waals surface area contributed by atoms with Gasteiger partial charge in [-0.25, -0.2) is 8.42 Å². The Labute approximate surface area is 140 Å². The number of ether oxygens (including phenoxy) is 1. The van der Waals surface area contributed by atoms with Gasteiger partial charge in [0, 0.05) is 17.9 Å². The number of nitro groups is 1. The highest BCUT2D eigenvalue weighted by Crippen LogP contribution is 2.43. The normalized spacial score (nSPS) is 11.3. The summed E-state index contributed by atoms with van der Waals surface area (Å²) in [7, 11) is -3.60. The third-order valence-corrected chi connectivity index (χ3v) is 5.86. The molecule has 7 nitrogen and oxygen atoms in total. The van der Waals surface area contributed by atoms with Crippen LogP contribution < -0.4 is 4.74 Å². The van der Waals surface area contributed by atoms with Gasteiger partial charge in [-0.2, -0.15) is 0 Å². The van der Waals surface area contributed by atoms with Crippen LogP contribution in [0.2, 0.25) is 5.02 Å².